The maximum atomic E-state index is 12.9. The quantitative estimate of drug-likeness (QED) is 0.358. The normalized spacial score (nSPS) is 11.1. The maximum Gasteiger partial charge on any atom is 0.410 e. The van der Waals surface area contributed by atoms with Gasteiger partial charge < -0.3 is 23.7 Å². The largest absolute Gasteiger partial charge is 0.464 e. The van der Waals surface area contributed by atoms with Gasteiger partial charge in [0, 0.05) is 37.3 Å². The number of amides is 1. The van der Waals surface area contributed by atoms with Gasteiger partial charge in [0.25, 0.3) is 0 Å². The molecule has 184 valence electrons. The Kier molecular flexibility index (Phi) is 10.2. The third kappa shape index (κ3) is 8.58. The summed E-state index contributed by atoms with van der Waals surface area (Å²) in [5.41, 5.74) is 2.66. The van der Waals surface area contributed by atoms with Crippen LogP contribution in [0, 0.1) is 5.92 Å². The molecule has 0 N–H and O–H groups in total. The van der Waals surface area contributed by atoms with E-state index in [0.29, 0.717) is 19.0 Å². The van der Waals surface area contributed by atoms with E-state index in [1.165, 1.54) is 5.69 Å². The lowest BCUT2D eigenvalue weighted by molar-refractivity contribution is -0.0980. The molecule has 3 aromatic rings. The predicted octanol–water partition coefficient (Wildman–Crippen LogP) is 6.54. The first-order valence-corrected chi connectivity index (χ1v) is 11.7. The third-order valence-corrected chi connectivity index (χ3v) is 5.11. The Bertz CT molecular complexity index is 1010. The minimum absolute atomic E-state index is 0.267. The van der Waals surface area contributed by atoms with Gasteiger partial charge in [-0.05, 0) is 62.9 Å². The number of rotatable bonds is 9. The molecule has 1 amide bonds. The average molecular weight is 467 g/mol. The van der Waals surface area contributed by atoms with Gasteiger partial charge in [-0.25, -0.2) is 4.79 Å². The fourth-order valence-corrected chi connectivity index (χ4v) is 3.73. The number of nitrogens with zero attached hydrogens (tertiary/aromatic N) is 2. The molecule has 0 aliphatic rings. The summed E-state index contributed by atoms with van der Waals surface area (Å²) in [4.78, 5) is 25.1. The van der Waals surface area contributed by atoms with E-state index in [0.717, 1.165) is 36.0 Å². The first-order valence-electron chi connectivity index (χ1n) is 11.7. The molecule has 0 unspecified atom stereocenters. The molecule has 1 heterocycles. The minimum atomic E-state index is -0.518. The van der Waals surface area contributed by atoms with Gasteiger partial charge in [0.1, 0.15) is 18.0 Å². The monoisotopic (exact) mass is 466 g/mol. The molecule has 2 aromatic carbocycles. The van der Waals surface area contributed by atoms with Gasteiger partial charge in [-0.15, -0.1) is 0 Å². The Morgan fingerprint density at radius 2 is 1.74 bits per heavy atom. The Morgan fingerprint density at radius 3 is 2.38 bits per heavy atom. The van der Waals surface area contributed by atoms with E-state index >= 15 is 0 Å². The Balaban J connectivity index is 0.00000199. The molecule has 0 spiro atoms. The summed E-state index contributed by atoms with van der Waals surface area (Å²) >= 11 is 0. The summed E-state index contributed by atoms with van der Waals surface area (Å²) < 4.78 is 11.2. The zero-order chi connectivity index (χ0) is 25.1. The van der Waals surface area contributed by atoms with Crippen LogP contribution in [0.5, 0.6) is 0 Å². The van der Waals surface area contributed by atoms with Crippen LogP contribution < -0.4 is 4.90 Å². The van der Waals surface area contributed by atoms with Crippen LogP contribution in [0.2, 0.25) is 0 Å². The number of hydrogen-bond donors (Lipinski definition) is 0. The first kappa shape index (κ1) is 27.0. The molecule has 0 atom stereocenters. The predicted molar refractivity (Wildman–Crippen MR) is 138 cm³/mol. The third-order valence-electron chi connectivity index (χ3n) is 5.11. The van der Waals surface area contributed by atoms with Crippen LogP contribution in [0.25, 0.3) is 11.0 Å². The van der Waals surface area contributed by atoms with Crippen molar-refractivity contribution >= 4 is 29.5 Å². The minimum Gasteiger partial charge on any atom is -0.464 e. The van der Waals surface area contributed by atoms with Gasteiger partial charge in [-0.1, -0.05) is 44.2 Å². The Labute approximate surface area is 203 Å². The van der Waals surface area contributed by atoms with Crippen molar-refractivity contribution in [1.82, 2.24) is 4.90 Å². The van der Waals surface area contributed by atoms with Crippen molar-refractivity contribution in [1.29, 1.82) is 0 Å². The van der Waals surface area contributed by atoms with Crippen LogP contribution in [-0.4, -0.2) is 43.0 Å². The fraction of sp³-hybridized carbons (Fsp3) is 0.429. The summed E-state index contributed by atoms with van der Waals surface area (Å²) in [6.45, 7) is 15.2. The zero-order valence-corrected chi connectivity index (χ0v) is 21.1. The molecule has 6 heteroatoms. The van der Waals surface area contributed by atoms with Crippen molar-refractivity contribution in [3.63, 3.8) is 0 Å². The molecule has 6 nitrogen and oxygen atoms in total. The molecule has 0 aliphatic heterocycles. The Hall–Kier alpha value is -3.28. The molecule has 0 radical (unpaired) electrons. The summed E-state index contributed by atoms with van der Waals surface area (Å²) in [6.07, 6.45) is 2.31. The van der Waals surface area contributed by atoms with Crippen molar-refractivity contribution in [2.24, 2.45) is 5.92 Å². The SMILES string of the molecule is C=O.CC(C)CN(CCCN(Cc1ccccc1)C(=O)OC(C)(C)C)c1ccc2occc2c1. The van der Waals surface area contributed by atoms with E-state index in [1.807, 2.05) is 74.9 Å². The maximum absolute atomic E-state index is 12.9. The van der Waals surface area contributed by atoms with Crippen LogP contribution in [0.1, 0.15) is 46.6 Å². The fourth-order valence-electron chi connectivity index (χ4n) is 3.73. The highest BCUT2D eigenvalue weighted by molar-refractivity contribution is 5.81. The molecule has 0 saturated carbocycles. The lowest BCUT2D eigenvalue weighted by Gasteiger charge is -2.30. The number of anilines is 1. The topological polar surface area (TPSA) is 63.0 Å². The summed E-state index contributed by atoms with van der Waals surface area (Å²) in [6, 6.07) is 18.4. The first-order chi connectivity index (χ1) is 16.2. The van der Waals surface area contributed by atoms with E-state index in [2.05, 4.69) is 30.9 Å². The standard InChI is InChI=1S/C27H36N2O3.CH2O/c1-21(2)19-28(24-12-13-25-23(18-24)14-17-31-25)15-9-16-29(26(30)32-27(3,4)5)20-22-10-7-6-8-11-22;1-2/h6-8,10-14,17-18,21H,9,15-16,19-20H2,1-5H3;1H2. The van der Waals surface area contributed by atoms with Gasteiger partial charge in [-0.3, -0.25) is 0 Å². The Morgan fingerprint density at radius 1 is 1.03 bits per heavy atom. The van der Waals surface area contributed by atoms with Crippen molar-refractivity contribution in [3.05, 3.63) is 66.4 Å². The van der Waals surface area contributed by atoms with E-state index in [9.17, 15) is 4.79 Å². The number of furan rings is 1. The van der Waals surface area contributed by atoms with Crippen LogP contribution in [0.15, 0.2) is 65.3 Å². The molecule has 34 heavy (non-hydrogen) atoms. The summed E-state index contributed by atoms with van der Waals surface area (Å²) in [5.74, 6) is 0.529. The van der Waals surface area contributed by atoms with Gasteiger partial charge >= 0.3 is 6.09 Å². The molecule has 0 fully saturated rings. The molecule has 0 bridgehead atoms. The van der Waals surface area contributed by atoms with E-state index in [1.54, 1.807) is 6.26 Å². The van der Waals surface area contributed by atoms with Crippen molar-refractivity contribution in [2.45, 2.75) is 53.2 Å². The number of carbonyl (C=O) groups is 2. The molecular weight excluding hydrogens is 428 g/mol. The van der Waals surface area contributed by atoms with Gasteiger partial charge in [0.05, 0.1) is 6.26 Å². The van der Waals surface area contributed by atoms with Crippen molar-refractivity contribution < 1.29 is 18.7 Å². The smallest absolute Gasteiger partial charge is 0.410 e. The highest BCUT2D eigenvalue weighted by atomic mass is 16.6. The van der Waals surface area contributed by atoms with E-state index in [-0.39, 0.29) is 6.09 Å². The average Bonchev–Trinajstić information content (AvgIpc) is 3.26. The molecular formula is C28H38N2O4. The zero-order valence-electron chi connectivity index (χ0n) is 21.1. The van der Waals surface area contributed by atoms with Crippen molar-refractivity contribution in [2.75, 3.05) is 24.5 Å². The number of benzene rings is 2. The van der Waals surface area contributed by atoms with Crippen LogP contribution in [0.4, 0.5) is 10.5 Å². The highest BCUT2D eigenvalue weighted by Crippen LogP contribution is 2.24. The second kappa shape index (κ2) is 12.8. The van der Waals surface area contributed by atoms with Crippen LogP contribution >= 0.6 is 0 Å². The lowest BCUT2D eigenvalue weighted by atomic mass is 10.1. The molecule has 3 rings (SSSR count). The van der Waals surface area contributed by atoms with E-state index < -0.39 is 5.60 Å². The number of fused-ring (bicyclic) bond motifs is 1. The number of hydrogen-bond acceptors (Lipinski definition) is 5. The summed E-state index contributed by atoms with van der Waals surface area (Å²) in [5, 5.41) is 1.11. The molecule has 0 saturated heterocycles. The second-order valence-electron chi connectivity index (χ2n) is 9.72. The number of ether oxygens (including phenoxy) is 1. The van der Waals surface area contributed by atoms with Gasteiger partial charge in [-0.2, -0.15) is 0 Å². The highest BCUT2D eigenvalue weighted by Gasteiger charge is 2.22. The lowest BCUT2D eigenvalue weighted by Crippen LogP contribution is -2.38. The van der Waals surface area contributed by atoms with E-state index in [4.69, 9.17) is 13.9 Å². The molecule has 1 aromatic heterocycles. The van der Waals surface area contributed by atoms with Gasteiger partial charge in [0.15, 0.2) is 0 Å². The molecule has 0 aliphatic carbocycles. The van der Waals surface area contributed by atoms with Gasteiger partial charge in [0.2, 0.25) is 0 Å². The van der Waals surface area contributed by atoms with Crippen LogP contribution in [0.3, 0.4) is 0 Å². The summed E-state index contributed by atoms with van der Waals surface area (Å²) in [7, 11) is 0. The second-order valence-corrected chi connectivity index (χ2v) is 9.72. The van der Waals surface area contributed by atoms with Crippen molar-refractivity contribution in [3.8, 4) is 0 Å². The number of carbonyl (C=O) groups excluding carboxylic acids is 2. The van der Waals surface area contributed by atoms with Crippen LogP contribution in [-0.2, 0) is 16.1 Å².